The van der Waals surface area contributed by atoms with Gasteiger partial charge in [-0.05, 0) is 32.3 Å². The zero-order valence-electron chi connectivity index (χ0n) is 21.7. The van der Waals surface area contributed by atoms with Crippen LogP contribution in [0.1, 0.15) is 20.7 Å². The molecule has 2 aliphatic heterocycles. The molecule has 1 N–H and O–H groups in total. The van der Waals surface area contributed by atoms with Crippen LogP contribution in [0.25, 0.3) is 10.9 Å². The van der Waals surface area contributed by atoms with Crippen molar-refractivity contribution in [3.63, 3.8) is 0 Å². The Morgan fingerprint density at radius 3 is 2.29 bits per heavy atom. The Kier molecular flexibility index (Phi) is 7.15. The lowest BCUT2D eigenvalue weighted by molar-refractivity contribution is -0.127. The first-order valence-corrected chi connectivity index (χ1v) is 12.8. The molecule has 198 valence electrons. The molecule has 0 atom stereocenters. The van der Waals surface area contributed by atoms with Gasteiger partial charge < -0.3 is 24.6 Å². The summed E-state index contributed by atoms with van der Waals surface area (Å²) in [6, 6.07) is 14.4. The van der Waals surface area contributed by atoms with Gasteiger partial charge in [-0.25, -0.2) is 4.79 Å². The first kappa shape index (κ1) is 25.5. The van der Waals surface area contributed by atoms with Gasteiger partial charge in [-0.1, -0.05) is 30.3 Å². The second-order valence-electron chi connectivity index (χ2n) is 9.91. The zero-order chi connectivity index (χ0) is 26.8. The first-order chi connectivity index (χ1) is 18.3. The summed E-state index contributed by atoms with van der Waals surface area (Å²) in [4.78, 5) is 64.1. The molecule has 0 radical (unpaired) electrons. The van der Waals surface area contributed by atoms with Crippen molar-refractivity contribution in [1.82, 2.24) is 24.6 Å². The average Bonchev–Trinajstić information content (AvgIpc) is 3.54. The number of likely N-dealkylation sites (N-methyl/N-ethyl adjacent to an activating group) is 1. The summed E-state index contributed by atoms with van der Waals surface area (Å²) in [5.74, 6) is -1.27. The van der Waals surface area contributed by atoms with Gasteiger partial charge in [0.1, 0.15) is 0 Å². The van der Waals surface area contributed by atoms with Crippen LogP contribution in [-0.2, 0) is 4.79 Å². The number of aromatic amines is 1. The monoisotopic (exact) mass is 516 g/mol. The Morgan fingerprint density at radius 2 is 1.58 bits per heavy atom. The summed E-state index contributed by atoms with van der Waals surface area (Å²) in [6.07, 6.45) is 1.55. The van der Waals surface area contributed by atoms with Crippen LogP contribution >= 0.6 is 0 Å². The highest BCUT2D eigenvalue weighted by Crippen LogP contribution is 2.31. The highest BCUT2D eigenvalue weighted by atomic mass is 16.2. The second-order valence-corrected chi connectivity index (χ2v) is 9.91. The molecular weight excluding hydrogens is 484 g/mol. The lowest BCUT2D eigenvalue weighted by Crippen LogP contribution is -2.52. The molecule has 10 heteroatoms. The van der Waals surface area contributed by atoms with Gasteiger partial charge in [-0.15, -0.1) is 0 Å². The molecule has 38 heavy (non-hydrogen) atoms. The van der Waals surface area contributed by atoms with Crippen LogP contribution in [-0.4, -0.2) is 115 Å². The maximum atomic E-state index is 13.3. The topological polar surface area (TPSA) is 100 Å². The smallest absolute Gasteiger partial charge is 0.324 e. The third kappa shape index (κ3) is 4.87. The van der Waals surface area contributed by atoms with Crippen LogP contribution in [0.3, 0.4) is 0 Å². The van der Waals surface area contributed by atoms with Crippen molar-refractivity contribution in [3.8, 4) is 0 Å². The summed E-state index contributed by atoms with van der Waals surface area (Å²) >= 11 is 0. The van der Waals surface area contributed by atoms with E-state index in [1.54, 1.807) is 40.3 Å². The molecule has 2 aliphatic rings. The van der Waals surface area contributed by atoms with Crippen molar-refractivity contribution in [2.75, 3.05) is 71.4 Å². The number of hydrogen-bond acceptors (Lipinski definition) is 5. The number of carbonyl (C=O) groups is 4. The Morgan fingerprint density at radius 1 is 0.868 bits per heavy atom. The number of nitrogens with one attached hydrogen (secondary N) is 1. The molecule has 1 aromatic heterocycles. The standard InChI is InChI=1S/C28H32N6O4/c1-30(2)11-12-33-17-18-34(28(33)38)23-10-6-9-21-22(19-29-24(21)23)25(35)27(37)32-15-13-31(14-16-32)26(36)20-7-4-3-5-8-20/h3-10,19,29H,11-18H2,1-2H3. The molecule has 3 heterocycles. The SMILES string of the molecule is CN(C)CCN1CCN(c2cccc3c(C(=O)C(=O)N4CCN(C(=O)c5ccccc5)CC4)c[nH]c23)C1=O. The second kappa shape index (κ2) is 10.7. The predicted molar refractivity (Wildman–Crippen MR) is 144 cm³/mol. The van der Waals surface area contributed by atoms with Crippen molar-refractivity contribution in [1.29, 1.82) is 0 Å². The number of hydrogen-bond donors (Lipinski definition) is 1. The molecular formula is C28H32N6O4. The van der Waals surface area contributed by atoms with Crippen LogP contribution in [0.15, 0.2) is 54.7 Å². The molecule has 2 saturated heterocycles. The van der Waals surface area contributed by atoms with E-state index in [2.05, 4.69) is 4.98 Å². The lowest BCUT2D eigenvalue weighted by Gasteiger charge is -2.34. The van der Waals surface area contributed by atoms with Gasteiger partial charge in [0.25, 0.3) is 17.6 Å². The van der Waals surface area contributed by atoms with E-state index in [0.29, 0.717) is 68.0 Å². The highest BCUT2D eigenvalue weighted by molar-refractivity contribution is 6.45. The molecule has 3 aromatic rings. The third-order valence-electron chi connectivity index (χ3n) is 7.21. The van der Waals surface area contributed by atoms with Gasteiger partial charge in [0.05, 0.1) is 16.8 Å². The van der Waals surface area contributed by atoms with E-state index in [1.165, 1.54) is 4.90 Å². The molecule has 2 fully saturated rings. The molecule has 0 aliphatic carbocycles. The Balaban J connectivity index is 1.27. The summed E-state index contributed by atoms with van der Waals surface area (Å²) < 4.78 is 0. The number of ketones is 1. The number of anilines is 1. The van der Waals surface area contributed by atoms with Crippen LogP contribution in [0.5, 0.6) is 0 Å². The molecule has 0 spiro atoms. The fraction of sp³-hybridized carbons (Fsp3) is 0.357. The van der Waals surface area contributed by atoms with E-state index in [0.717, 1.165) is 6.54 Å². The summed E-state index contributed by atoms with van der Waals surface area (Å²) in [7, 11) is 3.95. The van der Waals surface area contributed by atoms with Gasteiger partial charge in [0.15, 0.2) is 0 Å². The van der Waals surface area contributed by atoms with Gasteiger partial charge in [-0.3, -0.25) is 19.3 Å². The van der Waals surface area contributed by atoms with E-state index in [1.807, 2.05) is 48.2 Å². The van der Waals surface area contributed by atoms with Crippen LogP contribution in [0, 0.1) is 0 Å². The minimum Gasteiger partial charge on any atom is -0.359 e. The van der Waals surface area contributed by atoms with Gasteiger partial charge in [0, 0.05) is 69.5 Å². The third-order valence-corrected chi connectivity index (χ3v) is 7.21. The number of carbonyl (C=O) groups excluding carboxylic acids is 4. The number of piperazine rings is 1. The summed E-state index contributed by atoms with van der Waals surface area (Å²) in [5.41, 5.74) is 2.24. The number of urea groups is 1. The highest BCUT2D eigenvalue weighted by Gasteiger charge is 2.33. The first-order valence-electron chi connectivity index (χ1n) is 12.8. The van der Waals surface area contributed by atoms with E-state index in [4.69, 9.17) is 0 Å². The molecule has 0 unspecified atom stereocenters. The van der Waals surface area contributed by atoms with E-state index >= 15 is 0 Å². The zero-order valence-corrected chi connectivity index (χ0v) is 21.7. The van der Waals surface area contributed by atoms with Crippen molar-refractivity contribution < 1.29 is 19.2 Å². The molecule has 4 amide bonds. The Hall–Kier alpha value is -4.18. The number of nitrogens with zero attached hydrogens (tertiary/aromatic N) is 5. The number of rotatable bonds is 7. The van der Waals surface area contributed by atoms with Crippen LogP contribution in [0.4, 0.5) is 10.5 Å². The van der Waals surface area contributed by atoms with Gasteiger partial charge in [0.2, 0.25) is 0 Å². The number of H-pyrrole nitrogens is 1. The molecule has 0 bridgehead atoms. The summed E-state index contributed by atoms with van der Waals surface area (Å²) in [6.45, 7) is 3.93. The van der Waals surface area contributed by atoms with Crippen molar-refractivity contribution in [2.45, 2.75) is 0 Å². The normalized spacial score (nSPS) is 16.1. The lowest BCUT2D eigenvalue weighted by atomic mass is 10.1. The van der Waals surface area contributed by atoms with E-state index in [-0.39, 0.29) is 17.5 Å². The average molecular weight is 517 g/mol. The van der Waals surface area contributed by atoms with E-state index < -0.39 is 11.7 Å². The molecule has 2 aromatic carbocycles. The minimum atomic E-state index is -0.600. The number of para-hydroxylation sites is 1. The van der Waals surface area contributed by atoms with Crippen molar-refractivity contribution >= 4 is 40.2 Å². The Bertz CT molecular complexity index is 1360. The van der Waals surface area contributed by atoms with Crippen molar-refractivity contribution in [3.05, 3.63) is 65.9 Å². The number of aromatic nitrogens is 1. The largest absolute Gasteiger partial charge is 0.359 e. The number of Topliss-reactive ketones (excluding diaryl/α,β-unsaturated/α-hetero) is 1. The van der Waals surface area contributed by atoms with Gasteiger partial charge >= 0.3 is 6.03 Å². The molecule has 10 nitrogen and oxygen atoms in total. The minimum absolute atomic E-state index is 0.0687. The molecule has 5 rings (SSSR count). The number of amides is 4. The fourth-order valence-electron chi connectivity index (χ4n) is 5.02. The maximum Gasteiger partial charge on any atom is 0.324 e. The van der Waals surface area contributed by atoms with Crippen LogP contribution < -0.4 is 4.90 Å². The van der Waals surface area contributed by atoms with E-state index in [9.17, 15) is 19.2 Å². The number of benzene rings is 2. The quantitative estimate of drug-likeness (QED) is 0.383. The summed E-state index contributed by atoms with van der Waals surface area (Å²) in [5, 5.41) is 0.610. The predicted octanol–water partition coefficient (Wildman–Crippen LogP) is 2.14. The van der Waals surface area contributed by atoms with Gasteiger partial charge in [-0.2, -0.15) is 0 Å². The Labute approximate surface area is 221 Å². The van der Waals surface area contributed by atoms with Crippen LogP contribution in [0.2, 0.25) is 0 Å². The fourth-order valence-corrected chi connectivity index (χ4v) is 5.02. The maximum absolute atomic E-state index is 13.3. The number of fused-ring (bicyclic) bond motifs is 1. The van der Waals surface area contributed by atoms with Crippen molar-refractivity contribution in [2.24, 2.45) is 0 Å². The molecule has 0 saturated carbocycles.